The van der Waals surface area contributed by atoms with Crippen LogP contribution in [-0.2, 0) is 13.1 Å². The fourth-order valence-corrected chi connectivity index (χ4v) is 3.80. The van der Waals surface area contributed by atoms with E-state index in [9.17, 15) is 0 Å². The van der Waals surface area contributed by atoms with Crippen molar-refractivity contribution >= 4 is 23.4 Å². The van der Waals surface area contributed by atoms with Crippen molar-refractivity contribution in [2.24, 2.45) is 0 Å². The lowest BCUT2D eigenvalue weighted by atomic mass is 10.1. The molecule has 0 radical (unpaired) electrons. The van der Waals surface area contributed by atoms with Crippen molar-refractivity contribution in [1.29, 1.82) is 0 Å². The van der Waals surface area contributed by atoms with Crippen LogP contribution < -0.4 is 0 Å². The van der Waals surface area contributed by atoms with Gasteiger partial charge in [-0.2, -0.15) is 0 Å². The van der Waals surface area contributed by atoms with Gasteiger partial charge in [-0.05, 0) is 31.5 Å². The number of aromatic nitrogens is 3. The molecule has 0 spiro atoms. The summed E-state index contributed by atoms with van der Waals surface area (Å²) in [5, 5.41) is 10.4. The Kier molecular flexibility index (Phi) is 6.35. The maximum atomic E-state index is 5.92. The normalized spacial score (nSPS) is 15.5. The summed E-state index contributed by atoms with van der Waals surface area (Å²) in [6, 6.07) is 10.4. The molecule has 0 unspecified atom stereocenters. The zero-order valence-corrected chi connectivity index (χ0v) is 15.4. The van der Waals surface area contributed by atoms with Gasteiger partial charge < -0.3 is 4.57 Å². The molecule has 0 atom stereocenters. The molecule has 6 heteroatoms. The van der Waals surface area contributed by atoms with Gasteiger partial charge in [0.05, 0.1) is 13.1 Å². The number of thioether (sulfide) groups is 1. The van der Waals surface area contributed by atoms with Crippen LogP contribution in [0.25, 0.3) is 0 Å². The molecular formula is C18H23ClN4S. The Labute approximate surface area is 152 Å². The average Bonchev–Trinajstić information content (AvgIpc) is 2.96. The van der Waals surface area contributed by atoms with Crippen LogP contribution >= 0.6 is 23.4 Å². The van der Waals surface area contributed by atoms with Gasteiger partial charge in [0, 0.05) is 10.8 Å². The van der Waals surface area contributed by atoms with Gasteiger partial charge >= 0.3 is 0 Å². The van der Waals surface area contributed by atoms with E-state index in [-0.39, 0.29) is 0 Å². The largest absolute Gasteiger partial charge is 0.300 e. The fraction of sp³-hybridized carbons (Fsp3) is 0.444. The first-order valence-electron chi connectivity index (χ1n) is 8.37. The Morgan fingerprint density at radius 1 is 1.08 bits per heavy atom. The quantitative estimate of drug-likeness (QED) is 0.693. The second kappa shape index (κ2) is 8.70. The van der Waals surface area contributed by atoms with Crippen LogP contribution in [0.2, 0.25) is 0 Å². The van der Waals surface area contributed by atoms with E-state index in [0.29, 0.717) is 10.8 Å². The second-order valence-corrected chi connectivity index (χ2v) is 7.59. The SMILES string of the molecule is C=C(Cl)CSc1nnc(CN2CCCCC2)n1Cc1ccccc1. The standard InChI is InChI=1S/C18H23ClN4S/c1-15(19)14-24-18-21-20-17(13-22-10-6-3-7-11-22)23(18)12-16-8-4-2-5-9-16/h2,4-5,8-9H,1,3,6-7,10-14H2. The van der Waals surface area contributed by atoms with Gasteiger partial charge in [0.2, 0.25) is 0 Å². The van der Waals surface area contributed by atoms with Gasteiger partial charge in [0.1, 0.15) is 5.82 Å². The minimum Gasteiger partial charge on any atom is -0.300 e. The first-order valence-corrected chi connectivity index (χ1v) is 9.73. The summed E-state index contributed by atoms with van der Waals surface area (Å²) in [7, 11) is 0. The van der Waals surface area contributed by atoms with Crippen LogP contribution in [0.5, 0.6) is 0 Å². The molecule has 24 heavy (non-hydrogen) atoms. The van der Waals surface area contributed by atoms with E-state index < -0.39 is 0 Å². The molecule has 2 aromatic rings. The smallest absolute Gasteiger partial charge is 0.191 e. The lowest BCUT2D eigenvalue weighted by Gasteiger charge is -2.26. The number of likely N-dealkylation sites (tertiary alicyclic amines) is 1. The monoisotopic (exact) mass is 362 g/mol. The van der Waals surface area contributed by atoms with E-state index in [1.54, 1.807) is 11.8 Å². The number of hydrogen-bond donors (Lipinski definition) is 0. The van der Waals surface area contributed by atoms with Crippen LogP contribution in [0.1, 0.15) is 30.7 Å². The van der Waals surface area contributed by atoms with Crippen LogP contribution in [0.3, 0.4) is 0 Å². The Hall–Kier alpha value is -1.30. The molecule has 1 saturated heterocycles. The highest BCUT2D eigenvalue weighted by Gasteiger charge is 2.17. The van der Waals surface area contributed by atoms with E-state index in [4.69, 9.17) is 11.6 Å². The molecule has 1 aromatic carbocycles. The molecule has 1 fully saturated rings. The van der Waals surface area contributed by atoms with Crippen LogP contribution in [0.15, 0.2) is 47.1 Å². The first-order chi connectivity index (χ1) is 11.7. The summed E-state index contributed by atoms with van der Waals surface area (Å²) in [6.07, 6.45) is 3.90. The van der Waals surface area contributed by atoms with Crippen molar-refractivity contribution in [1.82, 2.24) is 19.7 Å². The van der Waals surface area contributed by atoms with Gasteiger partial charge in [0.25, 0.3) is 0 Å². The van der Waals surface area contributed by atoms with Crippen LogP contribution in [0, 0.1) is 0 Å². The molecule has 0 saturated carbocycles. The van der Waals surface area contributed by atoms with Gasteiger partial charge in [-0.25, -0.2) is 0 Å². The highest BCUT2D eigenvalue weighted by atomic mass is 35.5. The zero-order valence-electron chi connectivity index (χ0n) is 13.8. The minimum absolute atomic E-state index is 0.631. The maximum Gasteiger partial charge on any atom is 0.191 e. The third-order valence-corrected chi connectivity index (χ3v) is 5.49. The Morgan fingerprint density at radius 2 is 1.83 bits per heavy atom. The lowest BCUT2D eigenvalue weighted by molar-refractivity contribution is 0.213. The number of hydrogen-bond acceptors (Lipinski definition) is 4. The predicted octanol–water partition coefficient (Wildman–Crippen LogP) is 4.16. The molecule has 1 aliphatic heterocycles. The van der Waals surface area contributed by atoms with E-state index >= 15 is 0 Å². The van der Waals surface area contributed by atoms with Gasteiger partial charge in [-0.15, -0.1) is 10.2 Å². The number of halogens is 1. The molecule has 0 bridgehead atoms. The Morgan fingerprint density at radius 3 is 2.54 bits per heavy atom. The topological polar surface area (TPSA) is 34.0 Å². The summed E-state index contributed by atoms with van der Waals surface area (Å²) in [5.74, 6) is 1.68. The number of nitrogens with zero attached hydrogens (tertiary/aromatic N) is 4. The predicted molar refractivity (Wildman–Crippen MR) is 100 cm³/mol. The van der Waals surface area contributed by atoms with Crippen LogP contribution in [-0.4, -0.2) is 38.5 Å². The Balaban J connectivity index is 1.79. The summed E-state index contributed by atoms with van der Waals surface area (Å²) in [6.45, 7) is 7.72. The van der Waals surface area contributed by atoms with Crippen molar-refractivity contribution in [2.45, 2.75) is 37.5 Å². The highest BCUT2D eigenvalue weighted by Crippen LogP contribution is 2.23. The summed E-state index contributed by atoms with van der Waals surface area (Å²) in [5.41, 5.74) is 1.25. The third kappa shape index (κ3) is 4.85. The zero-order chi connectivity index (χ0) is 16.8. The summed E-state index contributed by atoms with van der Waals surface area (Å²) < 4.78 is 2.22. The number of piperidine rings is 1. The number of benzene rings is 1. The third-order valence-electron chi connectivity index (χ3n) is 4.15. The van der Waals surface area contributed by atoms with Crippen LogP contribution in [0.4, 0.5) is 0 Å². The maximum absolute atomic E-state index is 5.92. The molecule has 0 N–H and O–H groups in total. The van der Waals surface area contributed by atoms with Gasteiger partial charge in [0.15, 0.2) is 5.16 Å². The molecule has 0 amide bonds. The van der Waals surface area contributed by atoms with E-state index in [1.165, 1.54) is 24.8 Å². The Bertz CT molecular complexity index is 665. The molecule has 3 rings (SSSR count). The van der Waals surface area contributed by atoms with E-state index in [2.05, 4.69) is 50.5 Å². The molecule has 2 heterocycles. The second-order valence-electron chi connectivity index (χ2n) is 6.11. The van der Waals surface area contributed by atoms with Crippen molar-refractivity contribution in [3.63, 3.8) is 0 Å². The van der Waals surface area contributed by atoms with Gasteiger partial charge in [-0.3, -0.25) is 4.90 Å². The molecule has 0 aliphatic carbocycles. The molecule has 1 aliphatic rings. The van der Waals surface area contributed by atoms with E-state index in [0.717, 1.165) is 37.2 Å². The van der Waals surface area contributed by atoms with E-state index in [1.807, 2.05) is 6.07 Å². The molecule has 128 valence electrons. The molecule has 4 nitrogen and oxygen atoms in total. The molecule has 1 aromatic heterocycles. The van der Waals surface area contributed by atoms with Crippen molar-refractivity contribution in [3.05, 3.63) is 53.3 Å². The summed E-state index contributed by atoms with van der Waals surface area (Å²) >= 11 is 7.52. The molecular weight excluding hydrogens is 340 g/mol. The minimum atomic E-state index is 0.631. The van der Waals surface area contributed by atoms with Crippen molar-refractivity contribution in [2.75, 3.05) is 18.8 Å². The number of rotatable bonds is 7. The fourth-order valence-electron chi connectivity index (χ4n) is 2.93. The average molecular weight is 363 g/mol. The highest BCUT2D eigenvalue weighted by molar-refractivity contribution is 7.99. The van der Waals surface area contributed by atoms with Crippen molar-refractivity contribution < 1.29 is 0 Å². The summed E-state index contributed by atoms with van der Waals surface area (Å²) in [4.78, 5) is 2.48. The lowest BCUT2D eigenvalue weighted by Crippen LogP contribution is -2.30. The first kappa shape index (κ1) is 17.5. The van der Waals surface area contributed by atoms with Crippen molar-refractivity contribution in [3.8, 4) is 0 Å². The van der Waals surface area contributed by atoms with Gasteiger partial charge in [-0.1, -0.05) is 66.7 Å².